The molecule has 0 amide bonds. The summed E-state index contributed by atoms with van der Waals surface area (Å²) in [6.45, 7) is 0.858. The summed E-state index contributed by atoms with van der Waals surface area (Å²) in [5, 5.41) is 14.4. The van der Waals surface area contributed by atoms with Gasteiger partial charge in [-0.2, -0.15) is 0 Å². The standard InChI is InChI=1S/C17H15N5O2S2/c23-15-10-22(17(24)21-15)8-7-19-16-18-6-5-11(20-16)12-3-4-14(26-12)13-2-1-9-25-13/h1-6,9-10,23H,7-8H2,(H,21,24)(H,18,19,20). The van der Waals surface area contributed by atoms with Crippen molar-refractivity contribution in [2.24, 2.45) is 0 Å². The lowest BCUT2D eigenvalue weighted by Crippen LogP contribution is -2.21. The summed E-state index contributed by atoms with van der Waals surface area (Å²) in [6, 6.07) is 10.2. The number of rotatable bonds is 6. The largest absolute Gasteiger partial charge is 0.493 e. The molecule has 0 aliphatic heterocycles. The molecule has 0 saturated heterocycles. The molecule has 4 aromatic heterocycles. The first-order valence-corrected chi connectivity index (χ1v) is 9.58. The Morgan fingerprint density at radius 2 is 2.08 bits per heavy atom. The lowest BCUT2D eigenvalue weighted by molar-refractivity contribution is 0.455. The molecule has 0 bridgehead atoms. The molecule has 0 spiro atoms. The van der Waals surface area contributed by atoms with Crippen molar-refractivity contribution < 1.29 is 5.11 Å². The van der Waals surface area contributed by atoms with Crippen LogP contribution in [-0.2, 0) is 6.54 Å². The van der Waals surface area contributed by atoms with Gasteiger partial charge in [0.2, 0.25) is 11.8 Å². The summed E-state index contributed by atoms with van der Waals surface area (Å²) < 4.78 is 1.39. The normalized spacial score (nSPS) is 10.9. The molecule has 7 nitrogen and oxygen atoms in total. The van der Waals surface area contributed by atoms with E-state index in [0.29, 0.717) is 19.0 Å². The van der Waals surface area contributed by atoms with Gasteiger partial charge in [-0.25, -0.2) is 14.8 Å². The Kier molecular flexibility index (Phi) is 4.55. The van der Waals surface area contributed by atoms with E-state index in [9.17, 15) is 9.90 Å². The quantitative estimate of drug-likeness (QED) is 0.473. The molecular weight excluding hydrogens is 370 g/mol. The summed E-state index contributed by atoms with van der Waals surface area (Å²) in [6.07, 6.45) is 3.07. The minimum Gasteiger partial charge on any atom is -0.493 e. The highest BCUT2D eigenvalue weighted by atomic mass is 32.1. The minimum atomic E-state index is -0.348. The molecule has 0 fully saturated rings. The molecule has 0 unspecified atom stereocenters. The van der Waals surface area contributed by atoms with Crippen LogP contribution < -0.4 is 11.0 Å². The van der Waals surface area contributed by atoms with Crippen LogP contribution in [0, 0.1) is 0 Å². The van der Waals surface area contributed by atoms with E-state index in [1.807, 2.05) is 12.1 Å². The number of nitrogens with zero attached hydrogens (tertiary/aromatic N) is 3. The first-order valence-electron chi connectivity index (χ1n) is 7.88. The Morgan fingerprint density at radius 1 is 1.19 bits per heavy atom. The van der Waals surface area contributed by atoms with E-state index in [1.165, 1.54) is 20.5 Å². The second-order valence-electron chi connectivity index (χ2n) is 5.47. The second-order valence-corrected chi connectivity index (χ2v) is 7.50. The zero-order valence-corrected chi connectivity index (χ0v) is 15.2. The highest BCUT2D eigenvalue weighted by molar-refractivity contribution is 7.23. The average molecular weight is 385 g/mol. The zero-order chi connectivity index (χ0) is 17.9. The number of hydrogen-bond donors (Lipinski definition) is 3. The number of anilines is 1. The Morgan fingerprint density at radius 3 is 2.85 bits per heavy atom. The average Bonchev–Trinajstić information content (AvgIpc) is 3.36. The number of H-pyrrole nitrogens is 1. The van der Waals surface area contributed by atoms with Gasteiger partial charge in [0.25, 0.3) is 0 Å². The number of thiophene rings is 2. The molecule has 0 aliphatic carbocycles. The van der Waals surface area contributed by atoms with Gasteiger partial charge in [-0.05, 0) is 29.6 Å². The maximum Gasteiger partial charge on any atom is 0.328 e. The van der Waals surface area contributed by atoms with Crippen LogP contribution in [0.2, 0.25) is 0 Å². The molecule has 9 heteroatoms. The second kappa shape index (κ2) is 7.14. The van der Waals surface area contributed by atoms with Gasteiger partial charge in [-0.15, -0.1) is 22.7 Å². The van der Waals surface area contributed by atoms with Gasteiger partial charge >= 0.3 is 5.69 Å². The Balaban J connectivity index is 1.45. The molecule has 0 atom stereocenters. The van der Waals surface area contributed by atoms with Crippen LogP contribution in [0.25, 0.3) is 20.3 Å². The van der Waals surface area contributed by atoms with E-state index in [0.717, 1.165) is 10.6 Å². The molecule has 132 valence electrons. The van der Waals surface area contributed by atoms with Gasteiger partial charge in [-0.3, -0.25) is 9.55 Å². The molecule has 3 N–H and O–H groups in total. The van der Waals surface area contributed by atoms with Crippen molar-refractivity contribution in [1.29, 1.82) is 0 Å². The summed E-state index contributed by atoms with van der Waals surface area (Å²) >= 11 is 3.41. The third-order valence-electron chi connectivity index (χ3n) is 3.69. The molecule has 26 heavy (non-hydrogen) atoms. The van der Waals surface area contributed by atoms with E-state index >= 15 is 0 Å². The Hall–Kier alpha value is -2.91. The van der Waals surface area contributed by atoms with Gasteiger partial charge in [0.15, 0.2) is 0 Å². The third kappa shape index (κ3) is 3.53. The molecule has 0 aromatic carbocycles. The van der Waals surface area contributed by atoms with Crippen LogP contribution in [0.5, 0.6) is 5.88 Å². The molecule has 4 rings (SSSR count). The van der Waals surface area contributed by atoms with E-state index in [1.54, 1.807) is 28.9 Å². The van der Waals surface area contributed by atoms with Crippen molar-refractivity contribution >= 4 is 28.6 Å². The van der Waals surface area contributed by atoms with Crippen molar-refractivity contribution in [2.45, 2.75) is 6.54 Å². The predicted octanol–water partition coefficient (Wildman–Crippen LogP) is 3.24. The van der Waals surface area contributed by atoms with Crippen molar-refractivity contribution in [1.82, 2.24) is 19.5 Å². The Bertz CT molecular complexity index is 1060. The number of nitrogens with one attached hydrogen (secondary N) is 2. The lowest BCUT2D eigenvalue weighted by atomic mass is 10.3. The number of hydrogen-bond acceptors (Lipinski definition) is 7. The summed E-state index contributed by atoms with van der Waals surface area (Å²) in [7, 11) is 0. The fourth-order valence-electron chi connectivity index (χ4n) is 2.48. The fourth-order valence-corrected chi connectivity index (χ4v) is 4.29. The summed E-state index contributed by atoms with van der Waals surface area (Å²) in [5.41, 5.74) is 0.505. The molecule has 0 aliphatic rings. The van der Waals surface area contributed by atoms with Gasteiger partial charge in [0.1, 0.15) is 0 Å². The highest BCUT2D eigenvalue weighted by Gasteiger charge is 2.08. The maximum absolute atomic E-state index is 11.5. The molecule has 0 saturated carbocycles. The van der Waals surface area contributed by atoms with Crippen molar-refractivity contribution in [3.8, 4) is 26.2 Å². The van der Waals surface area contributed by atoms with Crippen LogP contribution in [0.15, 0.2) is 52.9 Å². The smallest absolute Gasteiger partial charge is 0.328 e. The van der Waals surface area contributed by atoms with Crippen LogP contribution in [0.1, 0.15) is 0 Å². The highest BCUT2D eigenvalue weighted by Crippen LogP contribution is 2.35. The summed E-state index contributed by atoms with van der Waals surface area (Å²) in [4.78, 5) is 26.1. The van der Waals surface area contributed by atoms with E-state index < -0.39 is 0 Å². The van der Waals surface area contributed by atoms with Crippen molar-refractivity contribution in [2.75, 3.05) is 11.9 Å². The van der Waals surface area contributed by atoms with Crippen molar-refractivity contribution in [3.63, 3.8) is 0 Å². The third-order valence-corrected chi connectivity index (χ3v) is 5.86. The topological polar surface area (TPSA) is 95.8 Å². The van der Waals surface area contributed by atoms with Crippen LogP contribution >= 0.6 is 22.7 Å². The SMILES string of the molecule is O=c1[nH]c(O)cn1CCNc1nccc(-c2ccc(-c3cccs3)s2)n1. The Labute approximate surface area is 156 Å². The van der Waals surface area contributed by atoms with Crippen LogP contribution in [0.3, 0.4) is 0 Å². The fraction of sp³-hybridized carbons (Fsp3) is 0.118. The molecule has 4 aromatic rings. The number of aromatic hydroxyl groups is 1. The summed E-state index contributed by atoms with van der Waals surface area (Å²) in [5.74, 6) is 0.355. The van der Waals surface area contributed by atoms with Crippen molar-refractivity contribution in [3.05, 3.63) is 58.6 Å². The molecular formula is C17H15N5O2S2. The monoisotopic (exact) mass is 385 g/mol. The number of aromatic amines is 1. The van der Waals surface area contributed by atoms with Gasteiger partial charge in [-0.1, -0.05) is 6.07 Å². The van der Waals surface area contributed by atoms with E-state index in [-0.39, 0.29) is 11.6 Å². The number of imidazole rings is 1. The first kappa shape index (κ1) is 16.6. The maximum atomic E-state index is 11.5. The molecule has 4 heterocycles. The van der Waals surface area contributed by atoms with Gasteiger partial charge < -0.3 is 10.4 Å². The first-order chi connectivity index (χ1) is 12.7. The van der Waals surface area contributed by atoms with E-state index in [2.05, 4.69) is 43.8 Å². The lowest BCUT2D eigenvalue weighted by Gasteiger charge is -2.05. The predicted molar refractivity (Wildman–Crippen MR) is 104 cm³/mol. The van der Waals surface area contributed by atoms with Crippen LogP contribution in [0.4, 0.5) is 5.95 Å². The van der Waals surface area contributed by atoms with Gasteiger partial charge in [0, 0.05) is 29.0 Å². The minimum absolute atomic E-state index is 0.146. The van der Waals surface area contributed by atoms with Gasteiger partial charge in [0.05, 0.1) is 16.8 Å². The van der Waals surface area contributed by atoms with E-state index in [4.69, 9.17) is 0 Å². The number of aromatic nitrogens is 4. The zero-order valence-electron chi connectivity index (χ0n) is 13.5. The molecule has 0 radical (unpaired) electrons. The van der Waals surface area contributed by atoms with Crippen LogP contribution in [-0.4, -0.2) is 31.2 Å².